The van der Waals surface area contributed by atoms with E-state index in [1.54, 1.807) is 6.07 Å². The quantitative estimate of drug-likeness (QED) is 0.609. The van der Waals surface area contributed by atoms with E-state index in [2.05, 4.69) is 4.98 Å². The fourth-order valence-electron chi connectivity index (χ4n) is 2.08. The molecule has 0 unspecified atom stereocenters. The molecule has 3 rings (SSSR count). The van der Waals surface area contributed by atoms with E-state index < -0.39 is 4.92 Å². The summed E-state index contributed by atoms with van der Waals surface area (Å²) in [6.07, 6.45) is 2.27. The predicted molar refractivity (Wildman–Crippen MR) is 64.4 cm³/mol. The van der Waals surface area contributed by atoms with Gasteiger partial charge in [0.1, 0.15) is 16.4 Å². The number of hydrogen-bond donors (Lipinski definition) is 0. The van der Waals surface area contributed by atoms with Crippen molar-refractivity contribution in [2.45, 2.75) is 18.8 Å². The molecule has 0 spiro atoms. The van der Waals surface area contributed by atoms with Gasteiger partial charge < -0.3 is 4.57 Å². The molecule has 0 radical (unpaired) electrons. The molecule has 0 saturated heterocycles. The van der Waals surface area contributed by atoms with Gasteiger partial charge in [0.15, 0.2) is 0 Å². The molecular weight excluding hydrogens is 242 g/mol. The van der Waals surface area contributed by atoms with E-state index >= 15 is 0 Å². The molecule has 1 aromatic carbocycles. The SMILES string of the molecule is Cn1c(C2CC2)nc2c(Cl)c([N+](=O)[O-])ccc21. The van der Waals surface area contributed by atoms with Gasteiger partial charge in [-0.15, -0.1) is 0 Å². The largest absolute Gasteiger partial charge is 0.331 e. The number of aryl methyl sites for hydroxylation is 1. The first kappa shape index (κ1) is 10.5. The van der Waals surface area contributed by atoms with Crippen LogP contribution in [0, 0.1) is 10.1 Å². The standard InChI is InChI=1S/C11H10ClN3O2/c1-14-8-5-4-7(15(16)17)9(12)10(8)13-11(14)6-2-3-6/h4-6H,2-3H2,1H3. The second kappa shape index (κ2) is 3.43. The van der Waals surface area contributed by atoms with Gasteiger partial charge in [0.25, 0.3) is 5.69 Å². The highest BCUT2D eigenvalue weighted by Gasteiger charge is 2.30. The Kier molecular flexibility index (Phi) is 2.13. The Morgan fingerprint density at radius 1 is 1.53 bits per heavy atom. The van der Waals surface area contributed by atoms with Crippen LogP contribution in [0.4, 0.5) is 5.69 Å². The highest BCUT2D eigenvalue weighted by atomic mass is 35.5. The fraction of sp³-hybridized carbons (Fsp3) is 0.364. The van der Waals surface area contributed by atoms with Gasteiger partial charge in [0.05, 0.1) is 10.4 Å². The highest BCUT2D eigenvalue weighted by Crippen LogP contribution is 2.42. The van der Waals surface area contributed by atoms with Gasteiger partial charge in [-0.3, -0.25) is 10.1 Å². The molecule has 0 amide bonds. The summed E-state index contributed by atoms with van der Waals surface area (Å²) >= 11 is 6.03. The Labute approximate surface area is 102 Å². The molecule has 1 aliphatic rings. The van der Waals surface area contributed by atoms with Gasteiger partial charge in [-0.2, -0.15) is 0 Å². The van der Waals surface area contributed by atoms with E-state index in [1.165, 1.54) is 6.07 Å². The van der Waals surface area contributed by atoms with Gasteiger partial charge >= 0.3 is 0 Å². The Morgan fingerprint density at radius 3 is 2.82 bits per heavy atom. The van der Waals surface area contributed by atoms with Crippen LogP contribution in [0.1, 0.15) is 24.6 Å². The average Bonchev–Trinajstić information content (AvgIpc) is 3.05. The van der Waals surface area contributed by atoms with Crippen LogP contribution < -0.4 is 0 Å². The molecule has 5 nitrogen and oxygen atoms in total. The molecule has 1 heterocycles. The first-order valence-electron chi connectivity index (χ1n) is 5.39. The molecule has 1 fully saturated rings. The molecule has 0 atom stereocenters. The zero-order chi connectivity index (χ0) is 12.2. The summed E-state index contributed by atoms with van der Waals surface area (Å²) in [5.41, 5.74) is 1.30. The Hall–Kier alpha value is -1.62. The normalized spacial score (nSPS) is 15.4. The van der Waals surface area contributed by atoms with E-state index in [0.717, 1.165) is 24.2 Å². The molecule has 0 bridgehead atoms. The van der Waals surface area contributed by atoms with Crippen molar-refractivity contribution >= 4 is 28.3 Å². The number of nitrogens with zero attached hydrogens (tertiary/aromatic N) is 3. The van der Waals surface area contributed by atoms with Crippen LogP contribution in [-0.4, -0.2) is 14.5 Å². The highest BCUT2D eigenvalue weighted by molar-refractivity contribution is 6.37. The maximum Gasteiger partial charge on any atom is 0.290 e. The predicted octanol–water partition coefficient (Wildman–Crippen LogP) is 3.01. The van der Waals surface area contributed by atoms with Crippen LogP contribution in [0.15, 0.2) is 12.1 Å². The molecule has 1 saturated carbocycles. The molecule has 2 aromatic rings. The second-order valence-electron chi connectivity index (χ2n) is 4.33. The third-order valence-electron chi connectivity index (χ3n) is 3.15. The zero-order valence-corrected chi connectivity index (χ0v) is 9.94. The molecule has 1 aromatic heterocycles. The number of rotatable bonds is 2. The number of nitro benzene ring substituents is 1. The third kappa shape index (κ3) is 1.50. The lowest BCUT2D eigenvalue weighted by Gasteiger charge is -1.99. The van der Waals surface area contributed by atoms with Gasteiger partial charge in [-0.1, -0.05) is 11.6 Å². The molecule has 17 heavy (non-hydrogen) atoms. The summed E-state index contributed by atoms with van der Waals surface area (Å²) in [4.78, 5) is 14.8. The third-order valence-corrected chi connectivity index (χ3v) is 3.52. The van der Waals surface area contributed by atoms with Crippen molar-refractivity contribution in [3.63, 3.8) is 0 Å². The minimum Gasteiger partial charge on any atom is -0.331 e. The fourth-order valence-corrected chi connectivity index (χ4v) is 2.35. The molecule has 0 N–H and O–H groups in total. The Bertz CT molecular complexity index is 631. The summed E-state index contributed by atoms with van der Waals surface area (Å²) in [5, 5.41) is 10.9. The maximum atomic E-state index is 10.8. The van der Waals surface area contributed by atoms with Crippen molar-refractivity contribution in [3.05, 3.63) is 33.1 Å². The van der Waals surface area contributed by atoms with Crippen LogP contribution in [0.5, 0.6) is 0 Å². The monoisotopic (exact) mass is 251 g/mol. The lowest BCUT2D eigenvalue weighted by Crippen LogP contribution is -1.94. The van der Waals surface area contributed by atoms with Crippen LogP contribution >= 0.6 is 11.6 Å². The van der Waals surface area contributed by atoms with Crippen LogP contribution in [0.3, 0.4) is 0 Å². The summed E-state index contributed by atoms with van der Waals surface area (Å²) < 4.78 is 1.97. The van der Waals surface area contributed by atoms with Crippen molar-refractivity contribution in [2.75, 3.05) is 0 Å². The number of imidazole rings is 1. The average molecular weight is 252 g/mol. The van der Waals surface area contributed by atoms with Gasteiger partial charge in [0.2, 0.25) is 0 Å². The number of hydrogen-bond acceptors (Lipinski definition) is 3. The van der Waals surface area contributed by atoms with E-state index in [9.17, 15) is 10.1 Å². The molecule has 6 heteroatoms. The molecule has 0 aliphatic heterocycles. The van der Waals surface area contributed by atoms with Gasteiger partial charge in [-0.05, 0) is 18.9 Å². The van der Waals surface area contributed by atoms with Crippen LogP contribution in [0.2, 0.25) is 5.02 Å². The number of fused-ring (bicyclic) bond motifs is 1. The lowest BCUT2D eigenvalue weighted by atomic mass is 10.3. The summed E-state index contributed by atoms with van der Waals surface area (Å²) in [5.74, 6) is 1.46. The molecular formula is C11H10ClN3O2. The Balaban J connectivity index is 2.29. The van der Waals surface area contributed by atoms with Crippen molar-refractivity contribution < 1.29 is 4.92 Å². The molecule has 88 valence electrons. The maximum absolute atomic E-state index is 10.8. The van der Waals surface area contributed by atoms with Crippen molar-refractivity contribution in [3.8, 4) is 0 Å². The number of aromatic nitrogens is 2. The number of halogens is 1. The topological polar surface area (TPSA) is 61.0 Å². The second-order valence-corrected chi connectivity index (χ2v) is 4.70. The zero-order valence-electron chi connectivity index (χ0n) is 9.18. The van der Waals surface area contributed by atoms with Crippen molar-refractivity contribution in [1.82, 2.24) is 9.55 Å². The van der Waals surface area contributed by atoms with Crippen molar-refractivity contribution in [1.29, 1.82) is 0 Å². The first-order valence-corrected chi connectivity index (χ1v) is 5.76. The summed E-state index contributed by atoms with van der Waals surface area (Å²) in [6.45, 7) is 0. The number of nitro groups is 1. The number of benzene rings is 1. The Morgan fingerprint density at radius 2 is 2.24 bits per heavy atom. The van der Waals surface area contributed by atoms with Gasteiger partial charge in [-0.25, -0.2) is 4.98 Å². The smallest absolute Gasteiger partial charge is 0.290 e. The minimum absolute atomic E-state index is 0.0837. The summed E-state index contributed by atoms with van der Waals surface area (Å²) in [6, 6.07) is 3.14. The van der Waals surface area contributed by atoms with Crippen LogP contribution in [-0.2, 0) is 7.05 Å². The van der Waals surface area contributed by atoms with Gasteiger partial charge in [0, 0.05) is 19.0 Å². The van der Waals surface area contributed by atoms with E-state index in [1.807, 2.05) is 11.6 Å². The first-order chi connectivity index (χ1) is 8.09. The van der Waals surface area contributed by atoms with Crippen LogP contribution in [0.25, 0.3) is 11.0 Å². The molecule has 1 aliphatic carbocycles. The van der Waals surface area contributed by atoms with Crippen molar-refractivity contribution in [2.24, 2.45) is 7.05 Å². The summed E-state index contributed by atoms with van der Waals surface area (Å²) in [7, 11) is 1.92. The van der Waals surface area contributed by atoms with E-state index in [0.29, 0.717) is 11.4 Å². The van der Waals surface area contributed by atoms with E-state index in [4.69, 9.17) is 11.6 Å². The minimum atomic E-state index is -0.479. The lowest BCUT2D eigenvalue weighted by molar-refractivity contribution is -0.384. The van der Waals surface area contributed by atoms with E-state index in [-0.39, 0.29) is 10.7 Å².